The lowest BCUT2D eigenvalue weighted by Gasteiger charge is -2.00. The molecule has 0 saturated heterocycles. The Kier molecular flexibility index (Phi) is 3.70. The van der Waals surface area contributed by atoms with Crippen molar-refractivity contribution < 1.29 is 4.79 Å². The predicted molar refractivity (Wildman–Crippen MR) is 58.8 cm³/mol. The van der Waals surface area contributed by atoms with Gasteiger partial charge in [0.05, 0.1) is 9.51 Å². The topological polar surface area (TPSA) is 17.1 Å². The van der Waals surface area contributed by atoms with Crippen molar-refractivity contribution in [3.63, 3.8) is 0 Å². The Morgan fingerprint density at radius 2 is 1.85 bits per heavy atom. The molecule has 1 rings (SSSR count). The second kappa shape index (κ2) is 4.58. The molecule has 0 radical (unpaired) electrons. The number of carbonyl (C=O) groups excluding carboxylic acids is 1. The van der Waals surface area contributed by atoms with Crippen molar-refractivity contribution in [3.8, 4) is 0 Å². The van der Waals surface area contributed by atoms with E-state index >= 15 is 0 Å². The molecule has 0 aliphatic heterocycles. The highest BCUT2D eigenvalue weighted by Gasteiger charge is 2.07. The highest BCUT2D eigenvalue weighted by molar-refractivity contribution is 9.12. The Morgan fingerprint density at radius 3 is 2.31 bits per heavy atom. The van der Waals surface area contributed by atoms with Gasteiger partial charge in [-0.3, -0.25) is 4.79 Å². The lowest BCUT2D eigenvalue weighted by molar-refractivity contribution is -0.112. The van der Waals surface area contributed by atoms with E-state index in [4.69, 9.17) is 11.6 Å². The fourth-order valence-electron chi connectivity index (χ4n) is 0.866. The van der Waals surface area contributed by atoms with E-state index in [1.165, 1.54) is 6.92 Å². The Hall–Kier alpha value is -0.600. The fourth-order valence-corrected chi connectivity index (χ4v) is 1.35. The molecule has 0 aliphatic rings. The normalized spacial score (nSPS) is 12.2. The van der Waals surface area contributed by atoms with Crippen LogP contribution in [0.4, 0.5) is 0 Å². The zero-order valence-electron chi connectivity index (χ0n) is 7.05. The Balaban J connectivity index is 3.11. The van der Waals surface area contributed by atoms with E-state index in [9.17, 15) is 4.79 Å². The van der Waals surface area contributed by atoms with Gasteiger partial charge in [0.25, 0.3) is 0 Å². The van der Waals surface area contributed by atoms with Crippen LogP contribution in [0.1, 0.15) is 12.5 Å². The molecule has 1 aromatic rings. The monoisotopic (exact) mass is 258 g/mol. The first-order valence-electron chi connectivity index (χ1n) is 3.74. The van der Waals surface area contributed by atoms with Crippen molar-refractivity contribution in [2.24, 2.45) is 0 Å². The molecule has 0 unspecified atom stereocenters. The first-order valence-corrected chi connectivity index (χ1v) is 4.91. The first kappa shape index (κ1) is 10.5. The largest absolute Gasteiger partial charge is 0.294 e. The molecular weight excluding hydrogens is 251 g/mol. The maximum absolute atomic E-state index is 11.0. The van der Waals surface area contributed by atoms with Gasteiger partial charge in [0, 0.05) is 0 Å². The summed E-state index contributed by atoms with van der Waals surface area (Å²) in [6.07, 6.45) is 0. The highest BCUT2D eigenvalue weighted by atomic mass is 79.9. The minimum absolute atomic E-state index is 0.0751. The summed E-state index contributed by atoms with van der Waals surface area (Å²) in [6.45, 7) is 1.47. The smallest absolute Gasteiger partial charge is 0.168 e. The molecule has 0 saturated carbocycles. The van der Waals surface area contributed by atoms with Crippen LogP contribution in [-0.2, 0) is 4.79 Å². The molecule has 0 bridgehead atoms. The van der Waals surface area contributed by atoms with Gasteiger partial charge in [-0.1, -0.05) is 41.9 Å². The lowest BCUT2D eigenvalue weighted by Crippen LogP contribution is -1.90. The summed E-state index contributed by atoms with van der Waals surface area (Å²) in [5.41, 5.74) is 0.839. The molecule has 0 amide bonds. The number of halogens is 2. The second-order valence-corrected chi connectivity index (χ2v) is 3.72. The van der Waals surface area contributed by atoms with Gasteiger partial charge in [-0.2, -0.15) is 0 Å². The van der Waals surface area contributed by atoms with Crippen LogP contribution in [0.25, 0.3) is 5.03 Å². The number of allylic oxidation sites excluding steroid dienone is 1. The molecule has 3 heteroatoms. The molecule has 0 fully saturated rings. The Morgan fingerprint density at radius 1 is 1.31 bits per heavy atom. The second-order valence-electron chi connectivity index (χ2n) is 2.55. The molecule has 1 nitrogen and oxygen atoms in total. The van der Waals surface area contributed by atoms with Crippen molar-refractivity contribution in [1.82, 2.24) is 0 Å². The number of hydrogen-bond donors (Lipinski definition) is 0. The van der Waals surface area contributed by atoms with Crippen LogP contribution >= 0.6 is 27.5 Å². The van der Waals surface area contributed by atoms with Crippen LogP contribution < -0.4 is 0 Å². The van der Waals surface area contributed by atoms with Gasteiger partial charge in [0.1, 0.15) is 0 Å². The molecule has 0 aliphatic carbocycles. The van der Waals surface area contributed by atoms with E-state index in [1.54, 1.807) is 0 Å². The zero-order valence-corrected chi connectivity index (χ0v) is 9.39. The van der Waals surface area contributed by atoms with Gasteiger partial charge < -0.3 is 0 Å². The third kappa shape index (κ3) is 2.68. The number of benzene rings is 1. The van der Waals surface area contributed by atoms with Crippen LogP contribution in [0, 0.1) is 0 Å². The Bertz CT molecular complexity index is 343. The summed E-state index contributed by atoms with van der Waals surface area (Å²) in [7, 11) is 0. The number of ketones is 1. The number of carbonyl (C=O) groups is 1. The third-order valence-electron chi connectivity index (χ3n) is 1.53. The van der Waals surface area contributed by atoms with Gasteiger partial charge in [-0.05, 0) is 28.4 Å². The summed E-state index contributed by atoms with van der Waals surface area (Å²) in [6, 6.07) is 9.35. The third-order valence-corrected chi connectivity index (χ3v) is 3.12. The van der Waals surface area contributed by atoms with Gasteiger partial charge >= 0.3 is 0 Å². The van der Waals surface area contributed by atoms with Crippen LogP contribution in [0.5, 0.6) is 0 Å². The molecule has 0 heterocycles. The van der Waals surface area contributed by atoms with E-state index < -0.39 is 0 Å². The number of rotatable bonds is 2. The van der Waals surface area contributed by atoms with E-state index in [1.807, 2.05) is 30.3 Å². The zero-order chi connectivity index (χ0) is 9.84. The number of Topliss-reactive ketones (excluding diaryl/α,β-unsaturated/α-hetero) is 1. The molecular formula is C10H8BrClO. The highest BCUT2D eigenvalue weighted by Crippen LogP contribution is 2.26. The van der Waals surface area contributed by atoms with E-state index in [0.717, 1.165) is 5.56 Å². The summed E-state index contributed by atoms with van der Waals surface area (Å²) in [5, 5.41) is 0.452. The quantitative estimate of drug-likeness (QED) is 0.742. The van der Waals surface area contributed by atoms with E-state index in [0.29, 0.717) is 9.51 Å². The molecule has 0 spiro atoms. The summed E-state index contributed by atoms with van der Waals surface area (Å²) < 4.78 is 0.417. The Labute approximate surface area is 90.5 Å². The van der Waals surface area contributed by atoms with Crippen molar-refractivity contribution >= 4 is 38.3 Å². The SMILES string of the molecule is CC(=O)/C(Br)=C(\Cl)c1ccccc1. The van der Waals surface area contributed by atoms with Gasteiger partial charge in [0.15, 0.2) is 5.78 Å². The minimum atomic E-state index is -0.0751. The van der Waals surface area contributed by atoms with Crippen molar-refractivity contribution in [2.75, 3.05) is 0 Å². The van der Waals surface area contributed by atoms with Gasteiger partial charge in [0.2, 0.25) is 0 Å². The maximum atomic E-state index is 11.0. The predicted octanol–water partition coefficient (Wildman–Crippen LogP) is 3.58. The summed E-state index contributed by atoms with van der Waals surface area (Å²) in [5.74, 6) is -0.0751. The minimum Gasteiger partial charge on any atom is -0.294 e. The molecule has 68 valence electrons. The molecule has 13 heavy (non-hydrogen) atoms. The van der Waals surface area contributed by atoms with Crippen molar-refractivity contribution in [3.05, 3.63) is 40.4 Å². The van der Waals surface area contributed by atoms with Crippen LogP contribution in [0.3, 0.4) is 0 Å². The van der Waals surface area contributed by atoms with Crippen LogP contribution in [0.2, 0.25) is 0 Å². The summed E-state index contributed by atoms with van der Waals surface area (Å²) >= 11 is 9.11. The first-order chi connectivity index (χ1) is 6.13. The molecule has 0 N–H and O–H groups in total. The lowest BCUT2D eigenvalue weighted by atomic mass is 10.2. The van der Waals surface area contributed by atoms with Crippen molar-refractivity contribution in [2.45, 2.75) is 6.92 Å². The molecule has 0 aromatic heterocycles. The fraction of sp³-hybridized carbons (Fsp3) is 0.100. The molecule has 1 aromatic carbocycles. The van der Waals surface area contributed by atoms with E-state index in [2.05, 4.69) is 15.9 Å². The van der Waals surface area contributed by atoms with Gasteiger partial charge in [-0.25, -0.2) is 0 Å². The average molecular weight is 260 g/mol. The summed E-state index contributed by atoms with van der Waals surface area (Å²) in [4.78, 5) is 11.0. The van der Waals surface area contributed by atoms with Crippen LogP contribution in [-0.4, -0.2) is 5.78 Å². The van der Waals surface area contributed by atoms with Crippen LogP contribution in [0.15, 0.2) is 34.8 Å². The maximum Gasteiger partial charge on any atom is 0.168 e. The van der Waals surface area contributed by atoms with Crippen molar-refractivity contribution in [1.29, 1.82) is 0 Å². The average Bonchev–Trinajstić information content (AvgIpc) is 2.17. The molecule has 0 atom stereocenters. The number of hydrogen-bond acceptors (Lipinski definition) is 1. The standard InChI is InChI=1S/C10H8BrClO/c1-7(13)9(11)10(12)8-5-3-2-4-6-8/h2-6H,1H3/b10-9+. The van der Waals surface area contributed by atoms with Gasteiger partial charge in [-0.15, -0.1) is 0 Å². The van der Waals surface area contributed by atoms with E-state index in [-0.39, 0.29) is 5.78 Å².